The number of hydrogen-bond acceptors (Lipinski definition) is 2. The van der Waals surface area contributed by atoms with Crippen LogP contribution in [0.5, 0.6) is 0 Å². The Balaban J connectivity index is 1.08. The molecular formula is C48H31NS. The van der Waals surface area contributed by atoms with Crippen molar-refractivity contribution >= 4 is 80.9 Å². The van der Waals surface area contributed by atoms with Crippen molar-refractivity contribution in [1.29, 1.82) is 0 Å². The summed E-state index contributed by atoms with van der Waals surface area (Å²) in [6.45, 7) is 0. The molecule has 0 aliphatic rings. The molecule has 1 nitrogen and oxygen atoms in total. The van der Waals surface area contributed by atoms with Gasteiger partial charge < -0.3 is 4.90 Å². The van der Waals surface area contributed by atoms with Crippen molar-refractivity contribution in [1.82, 2.24) is 0 Å². The van der Waals surface area contributed by atoms with Crippen LogP contribution < -0.4 is 4.90 Å². The van der Waals surface area contributed by atoms with Crippen molar-refractivity contribution in [3.8, 4) is 22.3 Å². The van der Waals surface area contributed by atoms with Gasteiger partial charge in [-0.25, -0.2) is 0 Å². The van der Waals surface area contributed by atoms with Crippen molar-refractivity contribution < 1.29 is 0 Å². The number of hydrogen-bond donors (Lipinski definition) is 0. The summed E-state index contributed by atoms with van der Waals surface area (Å²) in [6.07, 6.45) is 0. The topological polar surface area (TPSA) is 3.24 Å². The van der Waals surface area contributed by atoms with Gasteiger partial charge in [0.1, 0.15) is 0 Å². The van der Waals surface area contributed by atoms with E-state index >= 15 is 0 Å². The summed E-state index contributed by atoms with van der Waals surface area (Å²) < 4.78 is 2.64. The number of rotatable bonds is 5. The van der Waals surface area contributed by atoms with Crippen LogP contribution in [0.2, 0.25) is 0 Å². The lowest BCUT2D eigenvalue weighted by Gasteiger charge is -2.26. The Morgan fingerprint density at radius 1 is 0.320 bits per heavy atom. The van der Waals surface area contributed by atoms with E-state index in [1.807, 2.05) is 11.3 Å². The Kier molecular flexibility index (Phi) is 6.75. The summed E-state index contributed by atoms with van der Waals surface area (Å²) in [5, 5.41) is 10.4. The standard InChI is InChI=1S/C48H31NS/c1-2-12-38(13-3-1)49(40-14-8-11-37(30-40)42-17-9-19-46-48(42)43-16-6-7-18-45(43)50-46)39-28-26-32(27-29-39)36-25-22-34-21-24-35-23-20-33-10-4-5-15-41(33)47(35)44(34)31-36/h1-31H. The third-order valence-corrected chi connectivity index (χ3v) is 11.2. The van der Waals surface area contributed by atoms with Crippen molar-refractivity contribution in [2.45, 2.75) is 0 Å². The molecule has 10 rings (SSSR count). The molecule has 0 fully saturated rings. The molecule has 0 saturated carbocycles. The molecule has 0 saturated heterocycles. The van der Waals surface area contributed by atoms with Gasteiger partial charge in [0.2, 0.25) is 0 Å². The third-order valence-electron chi connectivity index (χ3n) is 10.0. The van der Waals surface area contributed by atoms with Crippen LogP contribution in [0.25, 0.3) is 74.7 Å². The van der Waals surface area contributed by atoms with Crippen LogP contribution in [0.1, 0.15) is 0 Å². The van der Waals surface area contributed by atoms with Crippen molar-refractivity contribution in [3.63, 3.8) is 0 Å². The van der Waals surface area contributed by atoms with Crippen molar-refractivity contribution in [2.75, 3.05) is 4.90 Å². The molecule has 0 unspecified atom stereocenters. The summed E-state index contributed by atoms with van der Waals surface area (Å²) in [5.41, 5.74) is 8.27. The molecule has 0 aliphatic heterocycles. The predicted octanol–water partition coefficient (Wildman–Crippen LogP) is 14.3. The lowest BCUT2D eigenvalue weighted by atomic mass is 9.94. The third kappa shape index (κ3) is 4.76. The summed E-state index contributed by atoms with van der Waals surface area (Å²) in [7, 11) is 0. The van der Waals surface area contributed by atoms with Gasteiger partial charge in [0.05, 0.1) is 0 Å². The molecule has 0 bridgehead atoms. The molecule has 0 aliphatic carbocycles. The van der Waals surface area contributed by atoms with Crippen LogP contribution in [0, 0.1) is 0 Å². The molecule has 0 atom stereocenters. The molecule has 234 valence electrons. The van der Waals surface area contributed by atoms with Gasteiger partial charge in [-0.05, 0) is 109 Å². The second kappa shape index (κ2) is 11.7. The first-order valence-corrected chi connectivity index (χ1v) is 17.9. The highest BCUT2D eigenvalue weighted by atomic mass is 32.1. The van der Waals surface area contributed by atoms with E-state index < -0.39 is 0 Å². The maximum Gasteiger partial charge on any atom is 0.0467 e. The van der Waals surface area contributed by atoms with Gasteiger partial charge in [-0.3, -0.25) is 0 Å². The summed E-state index contributed by atoms with van der Waals surface area (Å²) in [6, 6.07) is 68.7. The zero-order valence-corrected chi connectivity index (χ0v) is 28.1. The fourth-order valence-electron chi connectivity index (χ4n) is 7.66. The largest absolute Gasteiger partial charge is 0.310 e. The van der Waals surface area contributed by atoms with Gasteiger partial charge in [-0.2, -0.15) is 0 Å². The van der Waals surface area contributed by atoms with Crippen LogP contribution in [0.3, 0.4) is 0 Å². The maximum absolute atomic E-state index is 2.37. The minimum Gasteiger partial charge on any atom is -0.310 e. The first-order chi connectivity index (χ1) is 24.8. The van der Waals surface area contributed by atoms with Crippen LogP contribution in [0.15, 0.2) is 188 Å². The highest BCUT2D eigenvalue weighted by molar-refractivity contribution is 7.25. The molecule has 1 heterocycles. The Morgan fingerprint density at radius 3 is 1.80 bits per heavy atom. The van der Waals surface area contributed by atoms with Crippen molar-refractivity contribution in [2.24, 2.45) is 0 Å². The number of anilines is 3. The van der Waals surface area contributed by atoms with E-state index in [9.17, 15) is 0 Å². The Bertz CT molecular complexity index is 2860. The molecule has 0 spiro atoms. The Labute approximate surface area is 294 Å². The lowest BCUT2D eigenvalue weighted by molar-refractivity contribution is 1.28. The highest BCUT2D eigenvalue weighted by Gasteiger charge is 2.16. The minimum atomic E-state index is 1.12. The van der Waals surface area contributed by atoms with Gasteiger partial charge >= 0.3 is 0 Å². The smallest absolute Gasteiger partial charge is 0.0467 e. The number of fused-ring (bicyclic) bond motifs is 8. The predicted molar refractivity (Wildman–Crippen MR) is 217 cm³/mol. The Hall–Kier alpha value is -6.22. The van der Waals surface area contributed by atoms with E-state index in [2.05, 4.69) is 193 Å². The summed E-state index contributed by atoms with van der Waals surface area (Å²) >= 11 is 1.86. The van der Waals surface area contributed by atoms with E-state index in [0.717, 1.165) is 17.1 Å². The van der Waals surface area contributed by atoms with Gasteiger partial charge in [0.15, 0.2) is 0 Å². The van der Waals surface area contributed by atoms with E-state index in [1.54, 1.807) is 0 Å². The number of thiophene rings is 1. The number of nitrogens with zero attached hydrogens (tertiary/aromatic N) is 1. The molecular weight excluding hydrogens is 623 g/mol. The summed E-state index contributed by atoms with van der Waals surface area (Å²) in [4.78, 5) is 2.36. The SMILES string of the molecule is c1ccc(N(c2ccc(-c3ccc4ccc5ccc6ccccc6c5c4c3)cc2)c2cccc(-c3cccc4sc5ccccc5c34)c2)cc1. The molecule has 1 aromatic heterocycles. The van der Waals surface area contributed by atoms with E-state index in [-0.39, 0.29) is 0 Å². The fraction of sp³-hybridized carbons (Fsp3) is 0. The molecule has 10 aromatic rings. The van der Waals surface area contributed by atoms with Gasteiger partial charge in [-0.15, -0.1) is 11.3 Å². The van der Waals surface area contributed by atoms with Crippen LogP contribution >= 0.6 is 11.3 Å². The average molecular weight is 654 g/mol. The zero-order valence-electron chi connectivity index (χ0n) is 27.3. The quantitative estimate of drug-likeness (QED) is 0.167. The first-order valence-electron chi connectivity index (χ1n) is 17.1. The molecule has 0 radical (unpaired) electrons. The number of para-hydroxylation sites is 1. The number of benzene rings is 9. The maximum atomic E-state index is 2.37. The van der Waals surface area contributed by atoms with E-state index in [0.29, 0.717) is 0 Å². The normalized spacial score (nSPS) is 11.6. The second-order valence-electron chi connectivity index (χ2n) is 12.9. The van der Waals surface area contributed by atoms with E-state index in [4.69, 9.17) is 0 Å². The average Bonchev–Trinajstić information content (AvgIpc) is 3.57. The Morgan fingerprint density at radius 2 is 0.940 bits per heavy atom. The van der Waals surface area contributed by atoms with Crippen LogP contribution in [-0.4, -0.2) is 0 Å². The summed E-state index contributed by atoms with van der Waals surface area (Å²) in [5.74, 6) is 0. The molecule has 0 amide bonds. The molecule has 50 heavy (non-hydrogen) atoms. The highest BCUT2D eigenvalue weighted by Crippen LogP contribution is 2.43. The second-order valence-corrected chi connectivity index (χ2v) is 14.0. The lowest BCUT2D eigenvalue weighted by Crippen LogP contribution is -2.09. The van der Waals surface area contributed by atoms with Gasteiger partial charge in [-0.1, -0.05) is 133 Å². The fourth-order valence-corrected chi connectivity index (χ4v) is 8.79. The van der Waals surface area contributed by atoms with Gasteiger partial charge in [0.25, 0.3) is 0 Å². The van der Waals surface area contributed by atoms with Crippen molar-refractivity contribution in [3.05, 3.63) is 188 Å². The van der Waals surface area contributed by atoms with E-state index in [1.165, 1.54) is 74.7 Å². The van der Waals surface area contributed by atoms with Gasteiger partial charge in [0, 0.05) is 37.2 Å². The minimum absolute atomic E-state index is 1.12. The molecule has 0 N–H and O–H groups in total. The van der Waals surface area contributed by atoms with Crippen LogP contribution in [-0.2, 0) is 0 Å². The monoisotopic (exact) mass is 653 g/mol. The van der Waals surface area contributed by atoms with Crippen LogP contribution in [0.4, 0.5) is 17.1 Å². The zero-order chi connectivity index (χ0) is 33.0. The first kappa shape index (κ1) is 28.8. The molecule has 2 heteroatoms. The molecule has 9 aromatic carbocycles.